The molecule has 1 aliphatic rings. The molecule has 2 rings (SSSR count). The molecule has 1 aliphatic heterocycles. The molecule has 1 unspecified atom stereocenters. The Kier molecular flexibility index (Phi) is 3.76. The minimum Gasteiger partial charge on any atom is -0.388 e. The van der Waals surface area contributed by atoms with Crippen LogP contribution in [0, 0.1) is 0 Å². The van der Waals surface area contributed by atoms with Crippen LogP contribution in [-0.4, -0.2) is 39.2 Å². The molecule has 0 bridgehead atoms. The van der Waals surface area contributed by atoms with E-state index < -0.39 is 5.60 Å². The van der Waals surface area contributed by atoms with Crippen molar-refractivity contribution in [1.82, 2.24) is 9.47 Å². The summed E-state index contributed by atoms with van der Waals surface area (Å²) in [5, 5.41) is 10.1. The summed E-state index contributed by atoms with van der Waals surface area (Å²) in [7, 11) is 0. The maximum absolute atomic E-state index is 12.4. The molecule has 1 saturated heterocycles. The highest BCUT2D eigenvalue weighted by atomic mass is 16.3. The van der Waals surface area contributed by atoms with Gasteiger partial charge >= 0.3 is 0 Å². The number of β-amino-alcohol motifs (C(OH)–C–C–N with tert-alkyl or cyclic N) is 1. The fourth-order valence-corrected chi connectivity index (χ4v) is 2.60. The second kappa shape index (κ2) is 5.14. The largest absolute Gasteiger partial charge is 0.388 e. The van der Waals surface area contributed by atoms with Crippen molar-refractivity contribution in [2.75, 3.05) is 13.1 Å². The summed E-state index contributed by atoms with van der Waals surface area (Å²) >= 11 is 0. The van der Waals surface area contributed by atoms with Crippen LogP contribution >= 0.6 is 0 Å². The first-order chi connectivity index (χ1) is 8.53. The van der Waals surface area contributed by atoms with Gasteiger partial charge in [-0.05, 0) is 38.3 Å². The quantitative estimate of drug-likeness (QED) is 0.890. The number of carbonyl (C=O) groups is 1. The van der Waals surface area contributed by atoms with E-state index in [1.807, 2.05) is 22.9 Å². The van der Waals surface area contributed by atoms with Crippen molar-refractivity contribution < 1.29 is 9.90 Å². The summed E-state index contributed by atoms with van der Waals surface area (Å²) in [6, 6.07) is 3.77. The van der Waals surface area contributed by atoms with Gasteiger partial charge in [0.05, 0.1) is 5.60 Å². The first kappa shape index (κ1) is 13.1. The smallest absolute Gasteiger partial charge is 0.270 e. The number of hydrogen-bond acceptors (Lipinski definition) is 2. The fourth-order valence-electron chi connectivity index (χ4n) is 2.60. The number of amides is 1. The Hall–Kier alpha value is -1.29. The third-order valence-electron chi connectivity index (χ3n) is 3.48. The van der Waals surface area contributed by atoms with E-state index in [1.54, 1.807) is 11.8 Å². The average Bonchev–Trinajstić information content (AvgIpc) is 2.75. The van der Waals surface area contributed by atoms with Crippen LogP contribution in [0.15, 0.2) is 18.3 Å². The molecule has 1 atom stereocenters. The fraction of sp³-hybridized carbons (Fsp3) is 0.643. The molecule has 1 N–H and O–H groups in total. The number of aromatic nitrogens is 1. The van der Waals surface area contributed by atoms with Gasteiger partial charge in [-0.25, -0.2) is 0 Å². The van der Waals surface area contributed by atoms with Crippen LogP contribution in [0.2, 0.25) is 0 Å². The zero-order chi connectivity index (χ0) is 13.2. The average molecular weight is 250 g/mol. The van der Waals surface area contributed by atoms with Crippen molar-refractivity contribution in [2.45, 2.75) is 45.3 Å². The highest BCUT2D eigenvalue weighted by Crippen LogP contribution is 2.22. The summed E-state index contributed by atoms with van der Waals surface area (Å²) in [5.41, 5.74) is -0.00893. The van der Waals surface area contributed by atoms with E-state index in [0.717, 1.165) is 38.0 Å². The Morgan fingerprint density at radius 1 is 1.56 bits per heavy atom. The maximum Gasteiger partial charge on any atom is 0.270 e. The van der Waals surface area contributed by atoms with Crippen LogP contribution in [-0.2, 0) is 6.54 Å². The first-order valence-corrected chi connectivity index (χ1v) is 6.70. The van der Waals surface area contributed by atoms with Gasteiger partial charge in [0, 0.05) is 25.8 Å². The van der Waals surface area contributed by atoms with E-state index in [1.165, 1.54) is 0 Å². The summed E-state index contributed by atoms with van der Waals surface area (Å²) in [6.07, 6.45) is 4.59. The van der Waals surface area contributed by atoms with Crippen molar-refractivity contribution in [3.8, 4) is 0 Å². The monoisotopic (exact) mass is 250 g/mol. The zero-order valence-electron chi connectivity index (χ0n) is 11.2. The molecule has 1 aromatic rings. The Morgan fingerprint density at radius 2 is 2.33 bits per heavy atom. The van der Waals surface area contributed by atoms with Gasteiger partial charge < -0.3 is 14.6 Å². The second-order valence-corrected chi connectivity index (χ2v) is 5.41. The molecule has 1 amide bonds. The van der Waals surface area contributed by atoms with Gasteiger partial charge in [0.25, 0.3) is 5.91 Å². The molecule has 1 fully saturated rings. The number of aliphatic hydroxyl groups is 1. The zero-order valence-corrected chi connectivity index (χ0v) is 11.2. The van der Waals surface area contributed by atoms with Crippen molar-refractivity contribution in [2.24, 2.45) is 0 Å². The number of likely N-dealkylation sites (tertiary alicyclic amines) is 1. The Bertz CT molecular complexity index is 423. The molecule has 0 aliphatic carbocycles. The standard InChI is InChI=1S/C14H22N2O2/c1-3-8-15-9-4-6-12(15)13(17)16-10-5-7-14(2,18)11-16/h4,6,9,18H,3,5,7-8,10-11H2,1-2H3. The van der Waals surface area contributed by atoms with Crippen molar-refractivity contribution in [3.05, 3.63) is 24.0 Å². The molecule has 0 spiro atoms. The lowest BCUT2D eigenvalue weighted by Crippen LogP contribution is -2.48. The lowest BCUT2D eigenvalue weighted by molar-refractivity contribution is -0.0111. The Balaban J connectivity index is 2.13. The summed E-state index contributed by atoms with van der Waals surface area (Å²) in [6.45, 7) is 5.94. The number of hydrogen-bond donors (Lipinski definition) is 1. The lowest BCUT2D eigenvalue weighted by atomic mass is 9.95. The number of aryl methyl sites for hydroxylation is 1. The van der Waals surface area contributed by atoms with Gasteiger partial charge in [-0.3, -0.25) is 4.79 Å². The Labute approximate surface area is 108 Å². The van der Waals surface area contributed by atoms with Crippen LogP contribution in [0.5, 0.6) is 0 Å². The van der Waals surface area contributed by atoms with Crippen molar-refractivity contribution in [3.63, 3.8) is 0 Å². The van der Waals surface area contributed by atoms with Gasteiger partial charge in [0.1, 0.15) is 5.69 Å². The van der Waals surface area contributed by atoms with Gasteiger partial charge in [-0.15, -0.1) is 0 Å². The van der Waals surface area contributed by atoms with Crippen molar-refractivity contribution >= 4 is 5.91 Å². The van der Waals surface area contributed by atoms with E-state index in [9.17, 15) is 9.90 Å². The molecule has 2 heterocycles. The van der Waals surface area contributed by atoms with Gasteiger partial charge in [-0.1, -0.05) is 6.92 Å². The summed E-state index contributed by atoms with van der Waals surface area (Å²) in [4.78, 5) is 14.2. The summed E-state index contributed by atoms with van der Waals surface area (Å²) in [5.74, 6) is 0.0356. The minimum absolute atomic E-state index is 0.0356. The van der Waals surface area contributed by atoms with Crippen molar-refractivity contribution in [1.29, 1.82) is 0 Å². The predicted molar refractivity (Wildman–Crippen MR) is 70.5 cm³/mol. The van der Waals surface area contributed by atoms with E-state index >= 15 is 0 Å². The molecule has 1 aromatic heterocycles. The van der Waals surface area contributed by atoms with Gasteiger partial charge in [0.15, 0.2) is 0 Å². The highest BCUT2D eigenvalue weighted by Gasteiger charge is 2.31. The molecular formula is C14H22N2O2. The van der Waals surface area contributed by atoms with Crippen LogP contribution in [0.25, 0.3) is 0 Å². The predicted octanol–water partition coefficient (Wildman–Crippen LogP) is 1.89. The third kappa shape index (κ3) is 2.75. The number of carbonyl (C=O) groups excluding carboxylic acids is 1. The molecule has 18 heavy (non-hydrogen) atoms. The van der Waals surface area contributed by atoms with E-state index in [2.05, 4.69) is 6.92 Å². The SMILES string of the molecule is CCCn1cccc1C(=O)N1CCCC(C)(O)C1. The van der Waals surface area contributed by atoms with Crippen LogP contribution < -0.4 is 0 Å². The molecule has 4 heteroatoms. The van der Waals surface area contributed by atoms with Crippen LogP contribution in [0.1, 0.15) is 43.6 Å². The number of piperidine rings is 1. The normalized spacial score (nSPS) is 24.3. The molecular weight excluding hydrogens is 228 g/mol. The molecule has 0 radical (unpaired) electrons. The number of rotatable bonds is 3. The van der Waals surface area contributed by atoms with Gasteiger partial charge in [-0.2, -0.15) is 0 Å². The lowest BCUT2D eigenvalue weighted by Gasteiger charge is -2.36. The van der Waals surface area contributed by atoms with Crippen LogP contribution in [0.3, 0.4) is 0 Å². The third-order valence-corrected chi connectivity index (χ3v) is 3.48. The molecule has 100 valence electrons. The first-order valence-electron chi connectivity index (χ1n) is 6.70. The topological polar surface area (TPSA) is 45.5 Å². The molecule has 4 nitrogen and oxygen atoms in total. The van der Waals surface area contributed by atoms with E-state index in [0.29, 0.717) is 6.54 Å². The Morgan fingerprint density at radius 3 is 3.00 bits per heavy atom. The minimum atomic E-state index is -0.740. The highest BCUT2D eigenvalue weighted by molar-refractivity contribution is 5.92. The van der Waals surface area contributed by atoms with E-state index in [4.69, 9.17) is 0 Å². The second-order valence-electron chi connectivity index (χ2n) is 5.41. The number of nitrogens with zero attached hydrogens (tertiary/aromatic N) is 2. The molecule has 0 aromatic carbocycles. The molecule has 0 saturated carbocycles. The van der Waals surface area contributed by atoms with Crippen LogP contribution in [0.4, 0.5) is 0 Å². The summed E-state index contributed by atoms with van der Waals surface area (Å²) < 4.78 is 1.99. The van der Waals surface area contributed by atoms with E-state index in [-0.39, 0.29) is 5.91 Å². The maximum atomic E-state index is 12.4. The van der Waals surface area contributed by atoms with Gasteiger partial charge in [0.2, 0.25) is 0 Å².